The number of anilines is 3. The molecule has 3 aromatic rings. The van der Waals surface area contributed by atoms with Crippen molar-refractivity contribution in [2.45, 2.75) is 0 Å². The first-order valence-corrected chi connectivity index (χ1v) is 6.56. The lowest BCUT2D eigenvalue weighted by atomic mass is 10.3. The van der Waals surface area contributed by atoms with Crippen LogP contribution in [0.15, 0.2) is 35.7 Å². The topological polar surface area (TPSA) is 73.1 Å². The van der Waals surface area contributed by atoms with Crippen LogP contribution < -0.4 is 15.8 Å². The Bertz CT molecular complexity index is 725. The molecule has 0 radical (unpaired) electrons. The number of benzene rings is 1. The van der Waals surface area contributed by atoms with Crippen molar-refractivity contribution >= 4 is 39.0 Å². The van der Waals surface area contributed by atoms with Crippen LogP contribution in [0.3, 0.4) is 0 Å². The van der Waals surface area contributed by atoms with Crippen LogP contribution in [0, 0.1) is 0 Å². The van der Waals surface area contributed by atoms with Crippen LogP contribution in [-0.4, -0.2) is 17.1 Å². The van der Waals surface area contributed by atoms with Gasteiger partial charge in [-0.15, -0.1) is 11.3 Å². The Morgan fingerprint density at radius 2 is 2.16 bits per heavy atom. The summed E-state index contributed by atoms with van der Waals surface area (Å²) in [4.78, 5) is 9.31. The molecule has 0 aliphatic heterocycles. The molecule has 0 amide bonds. The molecule has 1 aromatic carbocycles. The SMILES string of the molecule is COc1cccc(Nc2nc(N)nc3sccc23)c1. The van der Waals surface area contributed by atoms with Crippen molar-refractivity contribution < 1.29 is 4.74 Å². The van der Waals surface area contributed by atoms with Gasteiger partial charge in [0.05, 0.1) is 12.5 Å². The predicted molar refractivity (Wildman–Crippen MR) is 78.1 cm³/mol. The van der Waals surface area contributed by atoms with E-state index in [1.165, 1.54) is 11.3 Å². The maximum atomic E-state index is 5.71. The van der Waals surface area contributed by atoms with E-state index in [4.69, 9.17) is 10.5 Å². The van der Waals surface area contributed by atoms with Crippen molar-refractivity contribution in [3.63, 3.8) is 0 Å². The van der Waals surface area contributed by atoms with E-state index >= 15 is 0 Å². The molecule has 0 fully saturated rings. The summed E-state index contributed by atoms with van der Waals surface area (Å²) in [7, 11) is 1.64. The largest absolute Gasteiger partial charge is 0.497 e. The van der Waals surface area contributed by atoms with Crippen molar-refractivity contribution in [1.29, 1.82) is 0 Å². The number of thiophene rings is 1. The maximum absolute atomic E-state index is 5.71. The molecule has 0 unspecified atom stereocenters. The summed E-state index contributed by atoms with van der Waals surface area (Å²) >= 11 is 1.54. The summed E-state index contributed by atoms with van der Waals surface area (Å²) in [5.74, 6) is 1.76. The Kier molecular flexibility index (Phi) is 2.92. The lowest BCUT2D eigenvalue weighted by Gasteiger charge is -2.08. The zero-order valence-corrected chi connectivity index (χ0v) is 11.1. The molecule has 0 aliphatic rings. The fraction of sp³-hybridized carbons (Fsp3) is 0.0769. The molecule has 3 N–H and O–H groups in total. The number of fused-ring (bicyclic) bond motifs is 1. The maximum Gasteiger partial charge on any atom is 0.223 e. The van der Waals surface area contributed by atoms with Gasteiger partial charge in [0.1, 0.15) is 16.4 Å². The number of hydrogen-bond acceptors (Lipinski definition) is 6. The van der Waals surface area contributed by atoms with Gasteiger partial charge in [-0.1, -0.05) is 6.07 Å². The first-order chi connectivity index (χ1) is 9.26. The fourth-order valence-electron chi connectivity index (χ4n) is 1.80. The second-order valence-electron chi connectivity index (χ2n) is 3.93. The highest BCUT2D eigenvalue weighted by Gasteiger charge is 2.07. The number of nitrogens with one attached hydrogen (secondary N) is 1. The van der Waals surface area contributed by atoms with Crippen LogP contribution in [0.5, 0.6) is 5.75 Å². The molecule has 2 aromatic heterocycles. The summed E-state index contributed by atoms with van der Waals surface area (Å²) in [5.41, 5.74) is 6.61. The number of ether oxygens (including phenoxy) is 1. The Morgan fingerprint density at radius 3 is 3.00 bits per heavy atom. The lowest BCUT2D eigenvalue weighted by molar-refractivity contribution is 0.415. The first kappa shape index (κ1) is 11.7. The van der Waals surface area contributed by atoms with Crippen LogP contribution in [0.4, 0.5) is 17.5 Å². The molecule has 0 aliphatic carbocycles. The molecule has 0 spiro atoms. The Hall–Kier alpha value is -2.34. The third-order valence-electron chi connectivity index (χ3n) is 2.67. The zero-order chi connectivity index (χ0) is 13.2. The second-order valence-corrected chi connectivity index (χ2v) is 4.82. The van der Waals surface area contributed by atoms with Crippen LogP contribution >= 0.6 is 11.3 Å². The summed E-state index contributed by atoms with van der Waals surface area (Å²) in [6.07, 6.45) is 0. The number of methoxy groups -OCH3 is 1. The standard InChI is InChI=1S/C13H12N4OS/c1-18-9-4-2-3-8(7-9)15-11-10-5-6-19-12(10)17-13(14)16-11/h2-7H,1H3,(H3,14,15,16,17). The van der Waals surface area contributed by atoms with Gasteiger partial charge in [-0.05, 0) is 23.6 Å². The van der Waals surface area contributed by atoms with Crippen LogP contribution in [0.25, 0.3) is 10.2 Å². The third kappa shape index (κ3) is 2.30. The number of hydrogen-bond donors (Lipinski definition) is 2. The molecule has 5 nitrogen and oxygen atoms in total. The lowest BCUT2D eigenvalue weighted by Crippen LogP contribution is -2.00. The van der Waals surface area contributed by atoms with Gasteiger partial charge < -0.3 is 15.8 Å². The number of nitrogens with zero attached hydrogens (tertiary/aromatic N) is 2. The average molecular weight is 272 g/mol. The van der Waals surface area contributed by atoms with Gasteiger partial charge in [0.2, 0.25) is 5.95 Å². The number of aromatic nitrogens is 2. The van der Waals surface area contributed by atoms with Gasteiger partial charge in [-0.2, -0.15) is 4.98 Å². The monoisotopic (exact) mass is 272 g/mol. The minimum atomic E-state index is 0.264. The molecule has 0 saturated heterocycles. The van der Waals surface area contributed by atoms with E-state index in [9.17, 15) is 0 Å². The molecule has 6 heteroatoms. The highest BCUT2D eigenvalue weighted by Crippen LogP contribution is 2.28. The van der Waals surface area contributed by atoms with E-state index < -0.39 is 0 Å². The van der Waals surface area contributed by atoms with Crippen LogP contribution in [-0.2, 0) is 0 Å². The van der Waals surface area contributed by atoms with Crippen LogP contribution in [0.2, 0.25) is 0 Å². The van der Waals surface area contributed by atoms with E-state index in [1.807, 2.05) is 35.7 Å². The van der Waals surface area contributed by atoms with Gasteiger partial charge in [0.25, 0.3) is 0 Å². The summed E-state index contributed by atoms with van der Waals surface area (Å²) in [5, 5.41) is 6.17. The molecular formula is C13H12N4OS. The van der Waals surface area contributed by atoms with Crippen molar-refractivity contribution in [3.8, 4) is 5.75 Å². The molecule has 19 heavy (non-hydrogen) atoms. The van der Waals surface area contributed by atoms with E-state index in [-0.39, 0.29) is 5.95 Å². The summed E-state index contributed by atoms with van der Waals surface area (Å²) < 4.78 is 5.19. The highest BCUT2D eigenvalue weighted by molar-refractivity contribution is 7.16. The Morgan fingerprint density at radius 1 is 1.26 bits per heavy atom. The molecular weight excluding hydrogens is 260 g/mol. The minimum absolute atomic E-state index is 0.264. The van der Waals surface area contributed by atoms with Crippen molar-refractivity contribution in [2.24, 2.45) is 0 Å². The summed E-state index contributed by atoms with van der Waals surface area (Å²) in [6.45, 7) is 0. The van der Waals surface area contributed by atoms with Gasteiger partial charge in [-0.3, -0.25) is 0 Å². The predicted octanol–water partition coefficient (Wildman–Crippen LogP) is 3.03. The first-order valence-electron chi connectivity index (χ1n) is 5.68. The molecule has 0 saturated carbocycles. The smallest absolute Gasteiger partial charge is 0.223 e. The normalized spacial score (nSPS) is 10.6. The quantitative estimate of drug-likeness (QED) is 0.766. The zero-order valence-electron chi connectivity index (χ0n) is 10.3. The Balaban J connectivity index is 2.02. The summed E-state index contributed by atoms with van der Waals surface area (Å²) in [6, 6.07) is 9.62. The third-order valence-corrected chi connectivity index (χ3v) is 3.48. The van der Waals surface area contributed by atoms with Crippen molar-refractivity contribution in [3.05, 3.63) is 35.7 Å². The van der Waals surface area contributed by atoms with Gasteiger partial charge >= 0.3 is 0 Å². The van der Waals surface area contributed by atoms with Crippen LogP contribution in [0.1, 0.15) is 0 Å². The number of rotatable bonds is 3. The van der Waals surface area contributed by atoms with Crippen molar-refractivity contribution in [1.82, 2.24) is 9.97 Å². The minimum Gasteiger partial charge on any atom is -0.497 e. The average Bonchev–Trinajstić information content (AvgIpc) is 2.87. The molecule has 0 atom stereocenters. The molecule has 3 rings (SSSR count). The number of nitrogens with two attached hydrogens (primary N) is 1. The van der Waals surface area contributed by atoms with Crippen molar-refractivity contribution in [2.75, 3.05) is 18.2 Å². The van der Waals surface area contributed by atoms with E-state index in [1.54, 1.807) is 7.11 Å². The van der Waals surface area contributed by atoms with Gasteiger partial charge in [0.15, 0.2) is 0 Å². The molecule has 96 valence electrons. The molecule has 0 bridgehead atoms. The number of nitrogen functional groups attached to an aromatic ring is 1. The van der Waals surface area contributed by atoms with E-state index in [0.29, 0.717) is 5.82 Å². The second kappa shape index (κ2) is 4.74. The molecule has 2 heterocycles. The Labute approximate surface area is 114 Å². The van der Waals surface area contributed by atoms with Gasteiger partial charge in [0, 0.05) is 11.8 Å². The van der Waals surface area contributed by atoms with Gasteiger partial charge in [-0.25, -0.2) is 4.98 Å². The highest BCUT2D eigenvalue weighted by atomic mass is 32.1. The fourth-order valence-corrected chi connectivity index (χ4v) is 2.58. The van der Waals surface area contributed by atoms with E-state index in [2.05, 4.69) is 15.3 Å². The van der Waals surface area contributed by atoms with E-state index in [0.717, 1.165) is 21.7 Å².